The van der Waals surface area contributed by atoms with Crippen molar-refractivity contribution in [3.63, 3.8) is 0 Å². The summed E-state index contributed by atoms with van der Waals surface area (Å²) < 4.78 is 12.0. The molecule has 0 saturated carbocycles. The number of hydrogen-bond donors (Lipinski definition) is 1. The van der Waals surface area contributed by atoms with Crippen molar-refractivity contribution in [3.8, 4) is 11.5 Å². The van der Waals surface area contributed by atoms with Gasteiger partial charge in [-0.05, 0) is 92.9 Å². The minimum atomic E-state index is -0.178. The number of hydrogen-bond acceptors (Lipinski definition) is 4. The van der Waals surface area contributed by atoms with Gasteiger partial charge in [0.1, 0.15) is 18.1 Å². The van der Waals surface area contributed by atoms with Crippen molar-refractivity contribution in [2.75, 3.05) is 11.9 Å². The molecule has 0 aliphatic carbocycles. The van der Waals surface area contributed by atoms with E-state index in [-0.39, 0.29) is 5.91 Å². The second kappa shape index (κ2) is 11.8. The van der Waals surface area contributed by atoms with Gasteiger partial charge in [0.15, 0.2) is 0 Å². The molecule has 1 N–H and O–H groups in total. The number of nitrogens with one attached hydrogen (secondary N) is 1. The average Bonchev–Trinajstić information content (AvgIpc) is 2.88. The molecule has 0 heterocycles. The first-order chi connectivity index (χ1) is 17.4. The van der Waals surface area contributed by atoms with E-state index < -0.39 is 0 Å². The zero-order chi connectivity index (χ0) is 25.5. The topological polar surface area (TPSA) is 47.6 Å². The summed E-state index contributed by atoms with van der Waals surface area (Å²) in [4.78, 5) is 15.4. The van der Waals surface area contributed by atoms with Crippen LogP contribution >= 0.6 is 11.8 Å². The second-order valence-electron chi connectivity index (χ2n) is 8.61. The van der Waals surface area contributed by atoms with Gasteiger partial charge in [-0.1, -0.05) is 48.2 Å². The number of carbonyl (C=O) groups is 1. The lowest BCUT2D eigenvalue weighted by atomic mass is 10.1. The molecule has 0 aliphatic rings. The summed E-state index contributed by atoms with van der Waals surface area (Å²) in [6.45, 7) is 8.98. The molecular formula is C31H31NO3S. The maximum atomic E-state index is 13.3. The Labute approximate surface area is 217 Å². The highest BCUT2D eigenvalue weighted by atomic mass is 32.2. The van der Waals surface area contributed by atoms with Crippen LogP contribution in [0.2, 0.25) is 0 Å². The Balaban J connectivity index is 1.55. The van der Waals surface area contributed by atoms with E-state index in [9.17, 15) is 4.79 Å². The van der Waals surface area contributed by atoms with E-state index in [1.165, 1.54) is 5.56 Å². The number of anilines is 1. The highest BCUT2D eigenvalue weighted by Crippen LogP contribution is 2.34. The normalized spacial score (nSPS) is 10.7. The lowest BCUT2D eigenvalue weighted by Gasteiger charge is -2.16. The molecule has 4 aromatic rings. The molecule has 0 fully saturated rings. The van der Waals surface area contributed by atoms with Crippen molar-refractivity contribution < 1.29 is 14.3 Å². The van der Waals surface area contributed by atoms with Gasteiger partial charge >= 0.3 is 0 Å². The molecule has 1 amide bonds. The quantitative estimate of drug-likeness (QED) is 0.255. The Bertz CT molecular complexity index is 1350. The molecule has 5 heteroatoms. The average molecular weight is 498 g/mol. The third-order valence-corrected chi connectivity index (χ3v) is 6.96. The largest absolute Gasteiger partial charge is 0.493 e. The van der Waals surface area contributed by atoms with Gasteiger partial charge in [-0.2, -0.15) is 0 Å². The van der Waals surface area contributed by atoms with E-state index in [1.54, 1.807) is 17.8 Å². The monoisotopic (exact) mass is 497 g/mol. The van der Waals surface area contributed by atoms with Crippen LogP contribution in [0.4, 0.5) is 5.69 Å². The number of benzene rings is 4. The van der Waals surface area contributed by atoms with E-state index in [2.05, 4.69) is 44.3 Å². The lowest BCUT2D eigenvalue weighted by molar-refractivity contribution is 0.102. The molecule has 0 aliphatic heterocycles. The van der Waals surface area contributed by atoms with Gasteiger partial charge in [0, 0.05) is 20.9 Å². The summed E-state index contributed by atoms with van der Waals surface area (Å²) in [7, 11) is 0. The number of rotatable bonds is 9. The van der Waals surface area contributed by atoms with E-state index in [0.29, 0.717) is 18.8 Å². The number of carbonyl (C=O) groups excluding carboxylic acids is 1. The first kappa shape index (κ1) is 25.4. The molecule has 4 nitrogen and oxygen atoms in total. The minimum Gasteiger partial charge on any atom is -0.493 e. The molecule has 0 atom stereocenters. The first-order valence-corrected chi connectivity index (χ1v) is 12.9. The van der Waals surface area contributed by atoms with Crippen molar-refractivity contribution in [2.24, 2.45) is 0 Å². The van der Waals surface area contributed by atoms with Gasteiger partial charge in [0.05, 0.1) is 12.3 Å². The molecule has 0 spiro atoms. The summed E-state index contributed by atoms with van der Waals surface area (Å²) in [5, 5.41) is 3.08. The second-order valence-corrected chi connectivity index (χ2v) is 9.73. The Morgan fingerprint density at radius 1 is 0.833 bits per heavy atom. The molecule has 0 radical (unpaired) electrons. The van der Waals surface area contributed by atoms with Gasteiger partial charge in [0.25, 0.3) is 5.91 Å². The zero-order valence-corrected chi connectivity index (χ0v) is 21.9. The van der Waals surface area contributed by atoms with Crippen LogP contribution in [0, 0.1) is 20.8 Å². The van der Waals surface area contributed by atoms with E-state index in [1.807, 2.05) is 67.6 Å². The molecule has 0 saturated heterocycles. The third-order valence-electron chi connectivity index (χ3n) is 5.88. The Morgan fingerprint density at radius 3 is 2.36 bits per heavy atom. The fraction of sp³-hybridized carbons (Fsp3) is 0.194. The Kier molecular flexibility index (Phi) is 8.34. The molecule has 4 rings (SSSR count). The van der Waals surface area contributed by atoms with Gasteiger partial charge in [-0.15, -0.1) is 0 Å². The third kappa shape index (κ3) is 6.29. The maximum Gasteiger partial charge on any atom is 0.255 e. The highest BCUT2D eigenvalue weighted by Gasteiger charge is 2.14. The predicted octanol–water partition coefficient (Wildman–Crippen LogP) is 7.99. The van der Waals surface area contributed by atoms with Crippen LogP contribution in [0.5, 0.6) is 11.5 Å². The summed E-state index contributed by atoms with van der Waals surface area (Å²) in [6, 6.07) is 27.6. The van der Waals surface area contributed by atoms with Crippen LogP contribution < -0.4 is 14.8 Å². The smallest absolute Gasteiger partial charge is 0.255 e. The van der Waals surface area contributed by atoms with Crippen LogP contribution in [0.3, 0.4) is 0 Å². The number of amides is 1. The summed E-state index contributed by atoms with van der Waals surface area (Å²) in [5.41, 5.74) is 5.60. The molecule has 4 aromatic carbocycles. The first-order valence-electron chi connectivity index (χ1n) is 12.0. The molecule has 184 valence electrons. The molecule has 0 bridgehead atoms. The number of para-hydroxylation sites is 1. The predicted molar refractivity (Wildman–Crippen MR) is 148 cm³/mol. The molecule has 0 aromatic heterocycles. The van der Waals surface area contributed by atoms with Crippen LogP contribution in [0.15, 0.2) is 94.7 Å². The fourth-order valence-electron chi connectivity index (χ4n) is 3.90. The van der Waals surface area contributed by atoms with Crippen molar-refractivity contribution in [1.29, 1.82) is 0 Å². The standard InChI is InChI=1S/C31H31NO3S/c1-5-34-28-16-15-24(19-25(28)20-35-29-18-21(2)17-22(3)23(29)4)31(33)32-27-13-9-10-14-30(27)36-26-11-7-6-8-12-26/h6-19H,5,20H2,1-4H3,(H,32,33). The van der Waals surface area contributed by atoms with Crippen LogP contribution in [-0.4, -0.2) is 12.5 Å². The van der Waals surface area contributed by atoms with Gasteiger partial charge in [-0.25, -0.2) is 0 Å². The fourth-order valence-corrected chi connectivity index (χ4v) is 4.83. The maximum absolute atomic E-state index is 13.3. The van der Waals surface area contributed by atoms with Crippen LogP contribution in [-0.2, 0) is 6.61 Å². The minimum absolute atomic E-state index is 0.178. The van der Waals surface area contributed by atoms with Gasteiger partial charge < -0.3 is 14.8 Å². The van der Waals surface area contributed by atoms with Crippen molar-refractivity contribution in [3.05, 3.63) is 113 Å². The number of ether oxygens (including phenoxy) is 2. The van der Waals surface area contributed by atoms with Crippen molar-refractivity contribution >= 4 is 23.4 Å². The van der Waals surface area contributed by atoms with E-state index in [4.69, 9.17) is 9.47 Å². The number of aryl methyl sites for hydroxylation is 2. The Hall–Kier alpha value is -3.70. The van der Waals surface area contributed by atoms with Gasteiger partial charge in [-0.3, -0.25) is 4.79 Å². The summed E-state index contributed by atoms with van der Waals surface area (Å²) >= 11 is 1.62. The Morgan fingerprint density at radius 2 is 1.58 bits per heavy atom. The van der Waals surface area contributed by atoms with Crippen LogP contribution in [0.1, 0.15) is 39.5 Å². The summed E-state index contributed by atoms with van der Waals surface area (Å²) in [6.07, 6.45) is 0. The van der Waals surface area contributed by atoms with E-state index >= 15 is 0 Å². The highest BCUT2D eigenvalue weighted by molar-refractivity contribution is 7.99. The lowest BCUT2D eigenvalue weighted by Crippen LogP contribution is -2.13. The zero-order valence-electron chi connectivity index (χ0n) is 21.1. The van der Waals surface area contributed by atoms with Crippen LogP contribution in [0.25, 0.3) is 0 Å². The van der Waals surface area contributed by atoms with Gasteiger partial charge in [0.2, 0.25) is 0 Å². The molecule has 36 heavy (non-hydrogen) atoms. The molecule has 0 unspecified atom stereocenters. The van der Waals surface area contributed by atoms with Crippen molar-refractivity contribution in [1.82, 2.24) is 0 Å². The van der Waals surface area contributed by atoms with E-state index in [0.717, 1.165) is 43.7 Å². The summed E-state index contributed by atoms with van der Waals surface area (Å²) in [5.74, 6) is 1.38. The SMILES string of the molecule is CCOc1ccc(C(=O)Nc2ccccc2Sc2ccccc2)cc1COc1cc(C)cc(C)c1C. The van der Waals surface area contributed by atoms with Crippen molar-refractivity contribution in [2.45, 2.75) is 44.1 Å². The molecular weight excluding hydrogens is 466 g/mol.